The summed E-state index contributed by atoms with van der Waals surface area (Å²) in [6, 6.07) is -7.04. The number of fused-ring (bicyclic) bond motifs is 1. The summed E-state index contributed by atoms with van der Waals surface area (Å²) >= 11 is 0.0559. The minimum atomic E-state index is -4.24. The molecular formula is C24H31FN6O4S. The van der Waals surface area contributed by atoms with E-state index in [1.54, 1.807) is 0 Å². The van der Waals surface area contributed by atoms with Crippen LogP contribution in [0.1, 0.15) is 71.1 Å². The Kier molecular flexibility index (Phi) is 3.64. The van der Waals surface area contributed by atoms with Gasteiger partial charge in [-0.1, -0.05) is 36.0 Å². The molecule has 0 amide bonds. The molecule has 3 aromatic rings. The molecule has 2 aromatic heterocycles. The Labute approximate surface area is 234 Å². The molecule has 0 spiro atoms. The quantitative estimate of drug-likeness (QED) is 0.226. The van der Waals surface area contributed by atoms with E-state index in [1.807, 2.05) is 0 Å². The first-order valence-electron chi connectivity index (χ1n) is 18.4. The summed E-state index contributed by atoms with van der Waals surface area (Å²) in [4.78, 5) is 8.13. The van der Waals surface area contributed by atoms with Gasteiger partial charge in [-0.15, -0.1) is 5.10 Å². The number of thioether (sulfide) groups is 1. The Morgan fingerprint density at radius 3 is 3.00 bits per heavy atom. The van der Waals surface area contributed by atoms with Crippen LogP contribution in [0.4, 0.5) is 10.2 Å². The summed E-state index contributed by atoms with van der Waals surface area (Å²) in [6.07, 6.45) is -19.4. The lowest BCUT2D eigenvalue weighted by atomic mass is 10.1. The molecule has 10 nitrogen and oxygen atoms in total. The fraction of sp³-hybridized carbons (Fsp3) is 0.583. The Morgan fingerprint density at radius 2 is 2.22 bits per heavy atom. The summed E-state index contributed by atoms with van der Waals surface area (Å²) in [7, 11) is 0. The van der Waals surface area contributed by atoms with Gasteiger partial charge in [0.25, 0.3) is 0 Å². The molecule has 2 aliphatic carbocycles. The van der Waals surface area contributed by atoms with E-state index in [0.29, 0.717) is 0 Å². The van der Waals surface area contributed by atoms with Crippen LogP contribution in [-0.4, -0.2) is 83.4 Å². The molecule has 0 radical (unpaired) electrons. The van der Waals surface area contributed by atoms with Gasteiger partial charge in [0.05, 0.1) is 37.6 Å². The number of nitrogens with zero attached hydrogens (tertiary/aromatic N) is 5. The highest BCUT2D eigenvalue weighted by atomic mass is 32.2. The number of aliphatic hydroxyl groups is 3. The molecule has 1 aromatic carbocycles. The van der Waals surface area contributed by atoms with Gasteiger partial charge in [0, 0.05) is 33.6 Å². The Hall–Kier alpha value is -2.38. The zero-order valence-electron chi connectivity index (χ0n) is 34.8. The Bertz CT molecular complexity index is 1940. The fourth-order valence-electron chi connectivity index (χ4n) is 3.31. The first-order valence-corrected chi connectivity index (χ1v) is 11.2. The van der Waals surface area contributed by atoms with Gasteiger partial charge >= 0.3 is 0 Å². The minimum absolute atomic E-state index is 0.0302. The van der Waals surface area contributed by atoms with Gasteiger partial charge in [-0.25, -0.2) is 19.0 Å². The van der Waals surface area contributed by atoms with E-state index < -0.39 is 119 Å². The average Bonchev–Trinajstić information content (AvgIpc) is 3.43. The largest absolute Gasteiger partial charge is 0.394 e. The molecule has 2 aliphatic rings. The van der Waals surface area contributed by atoms with Crippen molar-refractivity contribution in [3.8, 4) is 0 Å². The molecule has 194 valence electrons. The third-order valence-electron chi connectivity index (χ3n) is 5.13. The maximum absolute atomic E-state index is 14.8. The normalized spacial score (nSPS) is 46.9. The van der Waals surface area contributed by atoms with Crippen LogP contribution in [0.2, 0.25) is 0 Å². The first kappa shape index (κ1) is 12.4. The lowest BCUT2D eigenvalue weighted by Crippen LogP contribution is -2.33. The number of anilines is 1. The molecule has 0 bridgehead atoms. The molecule has 0 unspecified atom stereocenters. The van der Waals surface area contributed by atoms with Crippen molar-refractivity contribution >= 4 is 28.7 Å². The molecular weight excluding hydrogens is 487 g/mol. The van der Waals surface area contributed by atoms with Crippen molar-refractivity contribution < 1.29 is 46.4 Å². The number of halogens is 1. The first-order chi connectivity index (χ1) is 23.3. The molecule has 36 heavy (non-hydrogen) atoms. The maximum atomic E-state index is 14.8. The zero-order chi connectivity index (χ0) is 39.8. The van der Waals surface area contributed by atoms with Gasteiger partial charge in [0.15, 0.2) is 22.1 Å². The standard InChI is InChI=1S/C24H31FN6O4S/c1-3-8-36-24-27-22(26-16-10-14(16)13-5-4-12(2)15(25)9-13)19-23(28-24)31(30-29-19)17-11-18(35-7-6-32)21(34)20(17)33/h4-5,9,14,16-18,20-21,32-34H,3,6-8,10-11H2,1-2H3,(H,26,27,28)/t14-,16+,17+,18-,20-,21+/m0/s1/i3D2,4D,5D,7D2,8D2,9D,11D2,14D,17D,18D,20D,21D. The van der Waals surface area contributed by atoms with Crippen LogP contribution >= 0.6 is 11.8 Å². The third-order valence-corrected chi connectivity index (χ3v) is 5.80. The van der Waals surface area contributed by atoms with Crippen molar-refractivity contribution in [3.05, 3.63) is 35.1 Å². The number of aromatic nitrogens is 5. The molecule has 2 fully saturated rings. The van der Waals surface area contributed by atoms with Crippen LogP contribution in [0.25, 0.3) is 11.2 Å². The van der Waals surface area contributed by atoms with Gasteiger partial charge in [0.2, 0.25) is 0 Å². The van der Waals surface area contributed by atoms with Crippen molar-refractivity contribution in [2.75, 3.05) is 24.2 Å². The van der Waals surface area contributed by atoms with E-state index in [1.165, 1.54) is 6.92 Å². The number of aliphatic hydroxyl groups excluding tert-OH is 1. The van der Waals surface area contributed by atoms with Gasteiger partial charge in [-0.3, -0.25) is 0 Å². The van der Waals surface area contributed by atoms with Crippen molar-refractivity contribution in [2.45, 2.75) is 74.4 Å². The minimum Gasteiger partial charge on any atom is -0.394 e. The van der Waals surface area contributed by atoms with E-state index in [4.69, 9.17) is 21.9 Å². The maximum Gasteiger partial charge on any atom is 0.191 e. The fourth-order valence-corrected chi connectivity index (χ4v) is 3.77. The summed E-state index contributed by atoms with van der Waals surface area (Å²) in [5.74, 6) is -3.56. The molecule has 2 saturated carbocycles. The van der Waals surface area contributed by atoms with E-state index in [-0.39, 0.29) is 28.4 Å². The van der Waals surface area contributed by atoms with Gasteiger partial charge in [-0.2, -0.15) is 0 Å². The van der Waals surface area contributed by atoms with E-state index in [0.717, 1.165) is 6.92 Å². The van der Waals surface area contributed by atoms with Crippen molar-refractivity contribution in [1.29, 1.82) is 0 Å². The van der Waals surface area contributed by atoms with E-state index >= 15 is 0 Å². The smallest absolute Gasteiger partial charge is 0.191 e. The molecule has 2 heterocycles. The lowest BCUT2D eigenvalue weighted by molar-refractivity contribution is -0.0629. The Morgan fingerprint density at radius 1 is 1.39 bits per heavy atom. The van der Waals surface area contributed by atoms with Crippen LogP contribution in [0, 0.1) is 12.7 Å². The highest BCUT2D eigenvalue weighted by Gasteiger charge is 2.45. The predicted octanol–water partition coefficient (Wildman–Crippen LogP) is 2.18. The third kappa shape index (κ3) is 4.92. The van der Waals surface area contributed by atoms with Crippen LogP contribution in [0.3, 0.4) is 0 Å². The van der Waals surface area contributed by atoms with Crippen LogP contribution < -0.4 is 5.32 Å². The topological polar surface area (TPSA) is 138 Å². The molecule has 0 aliphatic heterocycles. The van der Waals surface area contributed by atoms with Crippen LogP contribution in [0.15, 0.2) is 23.3 Å². The second-order valence-corrected chi connectivity index (χ2v) is 8.28. The molecule has 0 saturated heterocycles. The number of hydrogen-bond acceptors (Lipinski definition) is 10. The summed E-state index contributed by atoms with van der Waals surface area (Å²) in [5.41, 5.74) is -5.00. The average molecular weight is 535 g/mol. The van der Waals surface area contributed by atoms with Crippen molar-refractivity contribution in [3.63, 3.8) is 0 Å². The monoisotopic (exact) mass is 534 g/mol. The predicted molar refractivity (Wildman–Crippen MR) is 133 cm³/mol. The zero-order valence-corrected chi connectivity index (χ0v) is 19.6. The number of benzene rings is 1. The van der Waals surface area contributed by atoms with Gasteiger partial charge in [-0.05, 0) is 36.9 Å². The van der Waals surface area contributed by atoms with Crippen molar-refractivity contribution in [1.82, 2.24) is 25.0 Å². The molecule has 5 rings (SSSR count). The van der Waals surface area contributed by atoms with Gasteiger partial charge < -0.3 is 25.4 Å². The summed E-state index contributed by atoms with van der Waals surface area (Å²) < 4.78 is 153. The van der Waals surface area contributed by atoms with E-state index in [9.17, 15) is 19.7 Å². The molecule has 4 N–H and O–H groups in total. The van der Waals surface area contributed by atoms with Gasteiger partial charge in [0.1, 0.15) is 18.0 Å². The number of rotatable bonds is 10. The van der Waals surface area contributed by atoms with Crippen molar-refractivity contribution in [2.24, 2.45) is 0 Å². The highest BCUT2D eigenvalue weighted by Crippen LogP contribution is 2.44. The number of ether oxygens (including phenoxy) is 1. The van der Waals surface area contributed by atoms with Crippen LogP contribution in [-0.2, 0) is 4.74 Å². The number of hydrogen-bond donors (Lipinski definition) is 4. The second-order valence-electron chi connectivity index (χ2n) is 7.50. The molecule has 12 heteroatoms. The lowest BCUT2D eigenvalue weighted by Gasteiger charge is -2.17. The summed E-state index contributed by atoms with van der Waals surface area (Å²) in [6.45, 7) is -2.86. The SMILES string of the molecule is [2H]c1c([2H])c([C@]2([2H])C[C@H]2Nc2nc(SC([2H])([2H])C([2H])([2H])C)nc3c2nnn3[C@]2([2H])C([2H])([2H])[C@]([2H])(OC([2H])([2H])CO)[C@@]([2H])(O)[C@@]2([2H])O)c([2H])c(F)c1C. The number of nitrogens with one attached hydrogen (secondary N) is 1. The summed E-state index contributed by atoms with van der Waals surface area (Å²) in [5, 5.41) is 41.1. The van der Waals surface area contributed by atoms with Crippen LogP contribution in [0.5, 0.6) is 0 Å². The Balaban J connectivity index is 1.72. The van der Waals surface area contributed by atoms with E-state index in [2.05, 4.69) is 30.3 Å². The second kappa shape index (κ2) is 10.5. The molecule has 6 atom stereocenters. The highest BCUT2D eigenvalue weighted by molar-refractivity contribution is 7.99.